The van der Waals surface area contributed by atoms with E-state index in [1.54, 1.807) is 61.2 Å². The topological polar surface area (TPSA) is 110 Å². The van der Waals surface area contributed by atoms with Crippen LogP contribution in [0.3, 0.4) is 0 Å². The highest BCUT2D eigenvalue weighted by molar-refractivity contribution is 7.17. The Morgan fingerprint density at radius 1 is 1.11 bits per heavy atom. The lowest BCUT2D eigenvalue weighted by molar-refractivity contribution is -0.121. The Kier molecular flexibility index (Phi) is 5.29. The van der Waals surface area contributed by atoms with Gasteiger partial charge in [0.15, 0.2) is 16.1 Å². The third-order valence-corrected chi connectivity index (χ3v) is 8.16. The fraction of sp³-hybridized carbons (Fsp3) is 0.250. The van der Waals surface area contributed by atoms with E-state index in [0.29, 0.717) is 23.5 Å². The number of hydrogen-bond acceptors (Lipinski definition) is 8. The van der Waals surface area contributed by atoms with Crippen molar-refractivity contribution in [3.05, 3.63) is 85.7 Å². The van der Waals surface area contributed by atoms with Crippen molar-refractivity contribution in [3.8, 4) is 0 Å². The molecule has 2 aromatic heterocycles. The van der Waals surface area contributed by atoms with Crippen LogP contribution in [0.15, 0.2) is 51.7 Å². The predicted molar refractivity (Wildman–Crippen MR) is 142 cm³/mol. The Labute approximate surface area is 221 Å². The van der Waals surface area contributed by atoms with Gasteiger partial charge in [-0.15, -0.1) is 0 Å². The molecule has 4 aromatic rings. The van der Waals surface area contributed by atoms with Gasteiger partial charge < -0.3 is 14.1 Å². The van der Waals surface area contributed by atoms with E-state index in [1.165, 1.54) is 4.90 Å². The molecule has 192 valence electrons. The molecule has 0 fully saturated rings. The number of thiazole rings is 1. The van der Waals surface area contributed by atoms with Gasteiger partial charge in [-0.05, 0) is 45.9 Å². The number of esters is 1. The number of carbonyl (C=O) groups excluding carboxylic acids is 3. The summed E-state index contributed by atoms with van der Waals surface area (Å²) in [6.45, 7) is 7.50. The molecular formula is C28H23N3O6S. The van der Waals surface area contributed by atoms with Crippen molar-refractivity contribution in [2.75, 3.05) is 23.0 Å². The fourth-order valence-corrected chi connectivity index (χ4v) is 6.47. The minimum atomic E-state index is -1.84. The Hall–Kier alpha value is -4.31. The lowest BCUT2D eigenvalue weighted by Crippen LogP contribution is -2.53. The Balaban J connectivity index is 1.73. The zero-order valence-electron chi connectivity index (χ0n) is 21.2. The zero-order valence-corrected chi connectivity index (χ0v) is 22.0. The standard InChI is InChI=1S/C28H23N3O6S/c1-5-30-18-10-8-7-9-17(18)28(26(30)35)20-21(32)16-13-14(3)11-12-19(16)37-22(20)24(33)31(28)27-29-15(4)23(38-27)25(34)36-6-2/h7-13H,5-6H2,1-4H3. The molecule has 2 aromatic carbocycles. The predicted octanol–water partition coefficient (Wildman–Crippen LogP) is 4.31. The minimum Gasteiger partial charge on any atom is -0.462 e. The monoisotopic (exact) mass is 529 g/mol. The van der Waals surface area contributed by atoms with Gasteiger partial charge in [0.2, 0.25) is 5.76 Å². The number of nitrogens with zero attached hydrogens (tertiary/aromatic N) is 3. The molecule has 0 aliphatic carbocycles. The van der Waals surface area contributed by atoms with Crippen molar-refractivity contribution in [1.82, 2.24) is 4.98 Å². The van der Waals surface area contributed by atoms with Crippen LogP contribution < -0.4 is 15.2 Å². The molecular weight excluding hydrogens is 506 g/mol. The smallest absolute Gasteiger partial charge is 0.350 e. The number of anilines is 2. The molecule has 10 heteroatoms. The zero-order chi connectivity index (χ0) is 26.9. The summed E-state index contributed by atoms with van der Waals surface area (Å²) in [5, 5.41) is 0.378. The van der Waals surface area contributed by atoms with Gasteiger partial charge >= 0.3 is 5.97 Å². The fourth-order valence-electron chi connectivity index (χ4n) is 5.45. The second kappa shape index (κ2) is 8.35. The van der Waals surface area contributed by atoms with Crippen LogP contribution in [0, 0.1) is 13.8 Å². The average molecular weight is 530 g/mol. The molecule has 2 aliphatic heterocycles. The highest BCUT2D eigenvalue weighted by Gasteiger charge is 2.66. The third-order valence-electron chi connectivity index (χ3n) is 7.03. The van der Waals surface area contributed by atoms with Gasteiger partial charge in [-0.2, -0.15) is 0 Å². The number of fused-ring (bicyclic) bond motifs is 5. The number of hydrogen-bond donors (Lipinski definition) is 0. The molecule has 1 unspecified atom stereocenters. The van der Waals surface area contributed by atoms with Gasteiger partial charge in [0.05, 0.1) is 28.9 Å². The molecule has 2 amide bonds. The molecule has 6 rings (SSSR count). The van der Waals surface area contributed by atoms with Crippen LogP contribution in [-0.4, -0.2) is 35.9 Å². The molecule has 4 heterocycles. The van der Waals surface area contributed by atoms with E-state index in [-0.39, 0.29) is 38.9 Å². The van der Waals surface area contributed by atoms with E-state index in [4.69, 9.17) is 9.15 Å². The van der Waals surface area contributed by atoms with Crippen molar-refractivity contribution in [1.29, 1.82) is 0 Å². The first kappa shape index (κ1) is 24.1. The number of benzene rings is 2. The maximum absolute atomic E-state index is 14.4. The van der Waals surface area contributed by atoms with E-state index >= 15 is 0 Å². The second-order valence-electron chi connectivity index (χ2n) is 9.18. The molecule has 0 bridgehead atoms. The van der Waals surface area contributed by atoms with Crippen LogP contribution in [0.25, 0.3) is 11.0 Å². The summed E-state index contributed by atoms with van der Waals surface area (Å²) in [6.07, 6.45) is 0. The molecule has 0 saturated heterocycles. The first-order valence-corrected chi connectivity index (χ1v) is 13.1. The normalized spacial score (nSPS) is 18.0. The Morgan fingerprint density at radius 3 is 2.61 bits per heavy atom. The van der Waals surface area contributed by atoms with Crippen molar-refractivity contribution in [3.63, 3.8) is 0 Å². The number of likely N-dealkylation sites (N-methyl/N-ethyl adjacent to an activating group) is 1. The second-order valence-corrected chi connectivity index (χ2v) is 10.2. The van der Waals surface area contributed by atoms with Gasteiger partial charge in [0.1, 0.15) is 10.5 Å². The third kappa shape index (κ3) is 2.94. The number of amides is 2. The number of para-hydroxylation sites is 1. The van der Waals surface area contributed by atoms with Crippen molar-refractivity contribution >= 4 is 50.9 Å². The van der Waals surface area contributed by atoms with Crippen LogP contribution in [-0.2, 0) is 15.1 Å². The summed E-state index contributed by atoms with van der Waals surface area (Å²) in [5.74, 6) is -1.92. The number of carbonyl (C=O) groups is 3. The van der Waals surface area contributed by atoms with Crippen LogP contribution in [0.5, 0.6) is 0 Å². The van der Waals surface area contributed by atoms with Crippen molar-refractivity contribution in [2.24, 2.45) is 0 Å². The lowest BCUT2D eigenvalue weighted by atomic mass is 9.84. The number of rotatable bonds is 4. The quantitative estimate of drug-likeness (QED) is 0.362. The summed E-state index contributed by atoms with van der Waals surface area (Å²) >= 11 is 0.943. The molecule has 0 N–H and O–H groups in total. The Morgan fingerprint density at radius 2 is 1.87 bits per heavy atom. The van der Waals surface area contributed by atoms with Gasteiger partial charge in [0.25, 0.3) is 11.8 Å². The number of aryl methyl sites for hydroxylation is 2. The SMILES string of the molecule is CCOC(=O)c1sc(N2C(=O)c3oc4ccc(C)cc4c(=O)c3C23C(=O)N(CC)c2ccccc23)nc1C. The molecule has 0 radical (unpaired) electrons. The maximum atomic E-state index is 14.4. The number of ether oxygens (including phenoxy) is 1. The first-order chi connectivity index (χ1) is 18.2. The number of aromatic nitrogens is 1. The molecule has 38 heavy (non-hydrogen) atoms. The van der Waals surface area contributed by atoms with Gasteiger partial charge in [-0.3, -0.25) is 19.3 Å². The van der Waals surface area contributed by atoms with Gasteiger partial charge in [-0.25, -0.2) is 9.78 Å². The summed E-state index contributed by atoms with van der Waals surface area (Å²) in [5.41, 5.74) is 0.167. The average Bonchev–Trinajstić information content (AvgIpc) is 3.49. The van der Waals surface area contributed by atoms with Crippen molar-refractivity contribution in [2.45, 2.75) is 33.2 Å². The van der Waals surface area contributed by atoms with Gasteiger partial charge in [0, 0.05) is 12.1 Å². The van der Waals surface area contributed by atoms with E-state index in [1.807, 2.05) is 13.8 Å². The molecule has 1 atom stereocenters. The molecule has 1 spiro atoms. The summed E-state index contributed by atoms with van der Waals surface area (Å²) < 4.78 is 11.2. The first-order valence-electron chi connectivity index (χ1n) is 12.2. The highest BCUT2D eigenvalue weighted by atomic mass is 32.1. The van der Waals surface area contributed by atoms with E-state index in [0.717, 1.165) is 16.9 Å². The van der Waals surface area contributed by atoms with E-state index in [9.17, 15) is 19.2 Å². The maximum Gasteiger partial charge on any atom is 0.350 e. The van der Waals surface area contributed by atoms with Crippen LogP contribution in [0.2, 0.25) is 0 Å². The summed E-state index contributed by atoms with van der Waals surface area (Å²) in [4.78, 5) is 62.9. The highest BCUT2D eigenvalue weighted by Crippen LogP contribution is 2.54. The van der Waals surface area contributed by atoms with Crippen LogP contribution in [0.1, 0.15) is 56.5 Å². The summed E-state index contributed by atoms with van der Waals surface area (Å²) in [6, 6.07) is 12.2. The van der Waals surface area contributed by atoms with Crippen molar-refractivity contribution < 1.29 is 23.5 Å². The van der Waals surface area contributed by atoms with Crippen LogP contribution >= 0.6 is 11.3 Å². The van der Waals surface area contributed by atoms with Gasteiger partial charge in [-0.1, -0.05) is 41.2 Å². The minimum absolute atomic E-state index is 0.0421. The molecule has 0 saturated carbocycles. The summed E-state index contributed by atoms with van der Waals surface area (Å²) in [7, 11) is 0. The lowest BCUT2D eigenvalue weighted by Gasteiger charge is -2.32. The Bertz CT molecular complexity index is 1760. The largest absolute Gasteiger partial charge is 0.462 e. The van der Waals surface area contributed by atoms with Crippen LogP contribution in [0.4, 0.5) is 10.8 Å². The molecule has 2 aliphatic rings. The van der Waals surface area contributed by atoms with E-state index in [2.05, 4.69) is 4.98 Å². The molecule has 9 nitrogen and oxygen atoms in total. The van der Waals surface area contributed by atoms with E-state index < -0.39 is 28.8 Å².